The number of nitrogens with two attached hydrogens (primary N) is 1. The van der Waals surface area contributed by atoms with Gasteiger partial charge in [-0.25, -0.2) is 4.79 Å². The van der Waals surface area contributed by atoms with Crippen molar-refractivity contribution in [2.45, 2.75) is 53.1 Å². The normalized spacial score (nSPS) is 17.1. The first kappa shape index (κ1) is 18.6. The molecule has 1 rings (SSSR count). The van der Waals surface area contributed by atoms with Gasteiger partial charge in [0.2, 0.25) is 0 Å². The number of nitrogens with zero attached hydrogens (tertiary/aromatic N) is 3. The van der Waals surface area contributed by atoms with E-state index >= 15 is 0 Å². The molecule has 1 heterocycles. The average Bonchev–Trinajstić information content (AvgIpc) is 2.46. The van der Waals surface area contributed by atoms with Crippen LogP contribution in [0.5, 0.6) is 0 Å². The molecule has 1 fully saturated rings. The fraction of sp³-hybridized carbons (Fsp3) is 0.875. The van der Waals surface area contributed by atoms with Gasteiger partial charge < -0.3 is 20.3 Å². The summed E-state index contributed by atoms with van der Waals surface area (Å²) in [5, 5.41) is 0. The van der Waals surface area contributed by atoms with Crippen molar-refractivity contribution >= 4 is 12.1 Å². The molecule has 1 saturated heterocycles. The molecule has 1 amide bonds. The topological polar surface area (TPSA) is 71.2 Å². The number of aliphatic imine (C=N–C) groups is 1. The van der Waals surface area contributed by atoms with Gasteiger partial charge in [-0.3, -0.25) is 4.99 Å². The second-order valence-corrected chi connectivity index (χ2v) is 6.84. The third-order valence-electron chi connectivity index (χ3n) is 3.92. The predicted octanol–water partition coefficient (Wildman–Crippen LogP) is 2.29. The molecule has 0 radical (unpaired) electrons. The Morgan fingerprint density at radius 2 is 1.64 bits per heavy atom. The summed E-state index contributed by atoms with van der Waals surface area (Å²) in [6.07, 6.45) is 2.00. The number of carbonyl (C=O) groups is 1. The summed E-state index contributed by atoms with van der Waals surface area (Å²) >= 11 is 0. The fourth-order valence-corrected chi connectivity index (χ4v) is 2.31. The Kier molecular flexibility index (Phi) is 6.97. The highest BCUT2D eigenvalue weighted by Crippen LogP contribution is 2.12. The van der Waals surface area contributed by atoms with Crippen molar-refractivity contribution in [1.82, 2.24) is 9.80 Å². The summed E-state index contributed by atoms with van der Waals surface area (Å²) < 4.78 is 5.39. The van der Waals surface area contributed by atoms with Gasteiger partial charge in [-0.05, 0) is 26.7 Å². The van der Waals surface area contributed by atoms with Crippen molar-refractivity contribution in [3.63, 3.8) is 0 Å². The lowest BCUT2D eigenvalue weighted by Gasteiger charge is -2.36. The lowest BCUT2D eigenvalue weighted by Crippen LogP contribution is -2.53. The van der Waals surface area contributed by atoms with Gasteiger partial charge in [0.1, 0.15) is 5.60 Å². The van der Waals surface area contributed by atoms with Crippen molar-refractivity contribution in [1.29, 1.82) is 0 Å². The monoisotopic (exact) mass is 312 g/mol. The van der Waals surface area contributed by atoms with Crippen LogP contribution in [0.15, 0.2) is 4.99 Å². The van der Waals surface area contributed by atoms with Crippen LogP contribution in [0.3, 0.4) is 0 Å². The van der Waals surface area contributed by atoms with Gasteiger partial charge in [0.15, 0.2) is 5.96 Å². The van der Waals surface area contributed by atoms with E-state index in [4.69, 9.17) is 10.5 Å². The van der Waals surface area contributed by atoms with E-state index in [9.17, 15) is 4.79 Å². The number of hydrogen-bond acceptors (Lipinski definition) is 3. The Hall–Kier alpha value is -1.46. The van der Waals surface area contributed by atoms with Crippen molar-refractivity contribution in [3.8, 4) is 0 Å². The molecule has 0 unspecified atom stereocenters. The number of rotatable bonds is 4. The first-order valence-electron chi connectivity index (χ1n) is 8.29. The van der Waals surface area contributed by atoms with E-state index in [1.165, 1.54) is 0 Å². The molecule has 6 heteroatoms. The predicted molar refractivity (Wildman–Crippen MR) is 89.9 cm³/mol. The number of ether oxygens (including phenoxy) is 1. The molecule has 0 aromatic rings. The SMILES string of the molecule is CCC(CC)CN=C(N)N1CCN(C(=O)OC(C)(C)C)CC1. The maximum atomic E-state index is 12.0. The molecule has 1 aliphatic rings. The van der Waals surface area contributed by atoms with Gasteiger partial charge in [-0.1, -0.05) is 26.7 Å². The summed E-state index contributed by atoms with van der Waals surface area (Å²) in [4.78, 5) is 20.3. The largest absolute Gasteiger partial charge is 0.444 e. The molecule has 0 aromatic carbocycles. The Morgan fingerprint density at radius 1 is 1.14 bits per heavy atom. The molecule has 0 aromatic heterocycles. The van der Waals surface area contributed by atoms with Crippen LogP contribution in [0.25, 0.3) is 0 Å². The third-order valence-corrected chi connectivity index (χ3v) is 3.92. The van der Waals surface area contributed by atoms with Crippen LogP contribution in [-0.2, 0) is 4.74 Å². The van der Waals surface area contributed by atoms with Crippen LogP contribution in [0, 0.1) is 5.92 Å². The smallest absolute Gasteiger partial charge is 0.410 e. The standard InChI is InChI=1S/C16H32N4O2/c1-6-13(7-2)12-18-14(17)19-8-10-20(11-9-19)15(21)22-16(3,4)5/h13H,6-12H2,1-5H3,(H2,17,18). The molecular weight excluding hydrogens is 280 g/mol. The quantitative estimate of drug-likeness (QED) is 0.638. The lowest BCUT2D eigenvalue weighted by molar-refractivity contribution is 0.0186. The van der Waals surface area contributed by atoms with Gasteiger partial charge in [-0.15, -0.1) is 0 Å². The Bertz CT molecular complexity index is 378. The second-order valence-electron chi connectivity index (χ2n) is 6.84. The van der Waals surface area contributed by atoms with Crippen LogP contribution in [0.4, 0.5) is 4.79 Å². The number of hydrogen-bond donors (Lipinski definition) is 1. The highest BCUT2D eigenvalue weighted by atomic mass is 16.6. The first-order valence-corrected chi connectivity index (χ1v) is 8.29. The first-order chi connectivity index (χ1) is 10.3. The number of carbonyl (C=O) groups excluding carboxylic acids is 1. The van der Waals surface area contributed by atoms with Gasteiger partial charge in [-0.2, -0.15) is 0 Å². The van der Waals surface area contributed by atoms with Crippen LogP contribution < -0.4 is 5.73 Å². The van der Waals surface area contributed by atoms with E-state index in [1.54, 1.807) is 4.90 Å². The maximum Gasteiger partial charge on any atom is 0.410 e. The number of amides is 1. The Balaban J connectivity index is 2.44. The van der Waals surface area contributed by atoms with Gasteiger partial charge in [0.25, 0.3) is 0 Å². The van der Waals surface area contributed by atoms with E-state index < -0.39 is 5.60 Å². The number of guanidine groups is 1. The second kappa shape index (κ2) is 8.25. The summed E-state index contributed by atoms with van der Waals surface area (Å²) in [5.74, 6) is 1.19. The molecule has 128 valence electrons. The zero-order valence-electron chi connectivity index (χ0n) is 14.8. The van der Waals surface area contributed by atoms with Crippen LogP contribution in [0.2, 0.25) is 0 Å². The van der Waals surface area contributed by atoms with E-state index in [-0.39, 0.29) is 6.09 Å². The van der Waals surface area contributed by atoms with Gasteiger partial charge >= 0.3 is 6.09 Å². The Morgan fingerprint density at radius 3 is 2.09 bits per heavy atom. The average molecular weight is 312 g/mol. The van der Waals surface area contributed by atoms with Crippen LogP contribution >= 0.6 is 0 Å². The van der Waals surface area contributed by atoms with Crippen molar-refractivity contribution in [2.75, 3.05) is 32.7 Å². The minimum atomic E-state index is -0.454. The minimum Gasteiger partial charge on any atom is -0.444 e. The van der Waals surface area contributed by atoms with E-state index in [0.717, 1.165) is 19.4 Å². The molecule has 2 N–H and O–H groups in total. The van der Waals surface area contributed by atoms with Crippen molar-refractivity contribution in [3.05, 3.63) is 0 Å². The van der Waals surface area contributed by atoms with Crippen LogP contribution in [-0.4, -0.2) is 60.2 Å². The molecule has 0 bridgehead atoms. The fourth-order valence-electron chi connectivity index (χ4n) is 2.31. The maximum absolute atomic E-state index is 12.0. The molecule has 22 heavy (non-hydrogen) atoms. The van der Waals surface area contributed by atoms with E-state index in [1.807, 2.05) is 25.7 Å². The molecule has 0 saturated carbocycles. The molecule has 0 spiro atoms. The molecule has 0 atom stereocenters. The lowest BCUT2D eigenvalue weighted by atomic mass is 10.0. The highest BCUT2D eigenvalue weighted by Gasteiger charge is 2.26. The summed E-state index contributed by atoms with van der Waals surface area (Å²) in [6.45, 7) is 13.4. The molecule has 0 aliphatic carbocycles. The zero-order chi connectivity index (χ0) is 16.8. The highest BCUT2D eigenvalue weighted by molar-refractivity contribution is 5.78. The summed E-state index contributed by atoms with van der Waals surface area (Å²) in [7, 11) is 0. The summed E-state index contributed by atoms with van der Waals surface area (Å²) in [6, 6.07) is 0. The molecule has 6 nitrogen and oxygen atoms in total. The van der Waals surface area contributed by atoms with Crippen LogP contribution in [0.1, 0.15) is 47.5 Å². The third kappa shape index (κ3) is 6.12. The number of piperazine rings is 1. The van der Waals surface area contributed by atoms with Gasteiger partial charge in [0, 0.05) is 32.7 Å². The zero-order valence-corrected chi connectivity index (χ0v) is 14.8. The van der Waals surface area contributed by atoms with E-state index in [2.05, 4.69) is 18.8 Å². The summed E-state index contributed by atoms with van der Waals surface area (Å²) in [5.41, 5.74) is 5.62. The molecular formula is C16H32N4O2. The minimum absolute atomic E-state index is 0.250. The van der Waals surface area contributed by atoms with Gasteiger partial charge in [0.05, 0.1) is 0 Å². The Labute approximate surface area is 134 Å². The molecule has 1 aliphatic heterocycles. The van der Waals surface area contributed by atoms with Crippen molar-refractivity contribution < 1.29 is 9.53 Å². The van der Waals surface area contributed by atoms with Crippen molar-refractivity contribution in [2.24, 2.45) is 16.6 Å². The van der Waals surface area contributed by atoms with E-state index in [0.29, 0.717) is 38.1 Å².